The number of nitrogens with one attached hydrogen (secondary N) is 2. The average Bonchev–Trinajstić information content (AvgIpc) is 3.25. The molecule has 1 saturated heterocycles. The Morgan fingerprint density at radius 3 is 2.26 bits per heavy atom. The summed E-state index contributed by atoms with van der Waals surface area (Å²) in [6.45, 7) is 1.29. The summed E-state index contributed by atoms with van der Waals surface area (Å²) in [6, 6.07) is 18.7. The molecule has 0 radical (unpaired) electrons. The minimum absolute atomic E-state index is 0.0773. The van der Waals surface area contributed by atoms with Gasteiger partial charge in [0.15, 0.2) is 5.79 Å². The first-order valence-corrected chi connectivity index (χ1v) is 10.5. The van der Waals surface area contributed by atoms with Crippen LogP contribution in [0.5, 0.6) is 11.5 Å². The van der Waals surface area contributed by atoms with Gasteiger partial charge in [-0.3, -0.25) is 5.41 Å². The maximum absolute atomic E-state index is 9.64. The molecule has 0 aromatic heterocycles. The van der Waals surface area contributed by atoms with E-state index in [2.05, 4.69) is 11.4 Å². The van der Waals surface area contributed by atoms with Crippen molar-refractivity contribution in [2.75, 3.05) is 13.2 Å². The van der Waals surface area contributed by atoms with Crippen molar-refractivity contribution >= 4 is 5.71 Å². The summed E-state index contributed by atoms with van der Waals surface area (Å²) in [5.74, 6) is 1.18. The van der Waals surface area contributed by atoms with Crippen LogP contribution in [0.3, 0.4) is 0 Å². The van der Waals surface area contributed by atoms with Gasteiger partial charge < -0.3 is 25.3 Å². The van der Waals surface area contributed by atoms with Crippen LogP contribution in [0.1, 0.15) is 31.2 Å². The number of nitriles is 1. The first kappa shape index (κ1) is 20.9. The zero-order valence-corrected chi connectivity index (χ0v) is 17.3. The van der Waals surface area contributed by atoms with Gasteiger partial charge in [0.1, 0.15) is 29.0 Å². The molecule has 1 saturated carbocycles. The van der Waals surface area contributed by atoms with Crippen molar-refractivity contribution in [3.05, 3.63) is 71.6 Å². The molecule has 0 bridgehead atoms. The Kier molecular flexibility index (Phi) is 6.21. The molecule has 7 nitrogen and oxygen atoms in total. The summed E-state index contributed by atoms with van der Waals surface area (Å²) < 4.78 is 17.3. The van der Waals surface area contributed by atoms with Gasteiger partial charge in [-0.1, -0.05) is 18.2 Å². The minimum Gasteiger partial charge on any atom is -0.457 e. The van der Waals surface area contributed by atoms with Crippen LogP contribution in [0.2, 0.25) is 0 Å². The summed E-state index contributed by atoms with van der Waals surface area (Å²) in [6.07, 6.45) is 3.25. The number of para-hydroxylation sites is 1. The van der Waals surface area contributed by atoms with Crippen LogP contribution in [0.15, 0.2) is 66.0 Å². The molecule has 1 heterocycles. The highest BCUT2D eigenvalue weighted by Gasteiger charge is 2.40. The van der Waals surface area contributed by atoms with E-state index in [9.17, 15) is 5.26 Å². The molecule has 7 heteroatoms. The molecule has 2 aromatic carbocycles. The molecule has 4 rings (SSSR count). The average molecular weight is 418 g/mol. The van der Waals surface area contributed by atoms with Crippen LogP contribution in [-0.2, 0) is 9.47 Å². The molecule has 1 aliphatic carbocycles. The highest BCUT2D eigenvalue weighted by molar-refractivity contribution is 6.13. The molecule has 2 aliphatic rings. The lowest BCUT2D eigenvalue weighted by Crippen LogP contribution is -2.43. The first-order valence-electron chi connectivity index (χ1n) is 10.5. The summed E-state index contributed by atoms with van der Waals surface area (Å²) in [5, 5.41) is 21.3. The van der Waals surface area contributed by atoms with Crippen LogP contribution in [-0.4, -0.2) is 30.8 Å². The second kappa shape index (κ2) is 9.21. The van der Waals surface area contributed by atoms with Gasteiger partial charge in [-0.25, -0.2) is 0 Å². The Morgan fingerprint density at radius 2 is 1.65 bits per heavy atom. The van der Waals surface area contributed by atoms with E-state index >= 15 is 0 Å². The number of ether oxygens (including phenoxy) is 3. The SMILES string of the molecule is N#C/C(C(=N)c1ccc(Oc2ccccc2)cc1)=C(\N)NC1CCC2(CC1)OCCO2. The maximum atomic E-state index is 9.64. The predicted octanol–water partition coefficient (Wildman–Crippen LogP) is 3.82. The quantitative estimate of drug-likeness (QED) is 0.486. The predicted molar refractivity (Wildman–Crippen MR) is 117 cm³/mol. The van der Waals surface area contributed by atoms with E-state index in [-0.39, 0.29) is 23.1 Å². The Hall–Kier alpha value is -3.34. The van der Waals surface area contributed by atoms with Crippen molar-refractivity contribution in [2.45, 2.75) is 37.5 Å². The second-order valence-electron chi connectivity index (χ2n) is 7.74. The van der Waals surface area contributed by atoms with E-state index in [0.29, 0.717) is 24.5 Å². The van der Waals surface area contributed by atoms with Crippen LogP contribution < -0.4 is 15.8 Å². The molecular formula is C24H26N4O3. The van der Waals surface area contributed by atoms with Crippen molar-refractivity contribution in [1.29, 1.82) is 10.7 Å². The monoisotopic (exact) mass is 418 g/mol. The highest BCUT2D eigenvalue weighted by atomic mass is 16.7. The molecule has 0 unspecified atom stereocenters. The summed E-state index contributed by atoms with van der Waals surface area (Å²) >= 11 is 0. The number of hydrogen-bond acceptors (Lipinski definition) is 7. The van der Waals surface area contributed by atoms with Crippen molar-refractivity contribution in [2.24, 2.45) is 5.73 Å². The molecular weight excluding hydrogens is 392 g/mol. The largest absolute Gasteiger partial charge is 0.457 e. The zero-order valence-electron chi connectivity index (χ0n) is 17.3. The number of rotatable bonds is 6. The molecule has 0 atom stereocenters. The molecule has 1 aliphatic heterocycles. The van der Waals surface area contributed by atoms with Gasteiger partial charge in [0.25, 0.3) is 0 Å². The summed E-state index contributed by atoms with van der Waals surface area (Å²) in [4.78, 5) is 0. The van der Waals surface area contributed by atoms with E-state index < -0.39 is 5.79 Å². The summed E-state index contributed by atoms with van der Waals surface area (Å²) in [5.41, 5.74) is 6.99. The number of benzene rings is 2. The third-order valence-corrected chi connectivity index (χ3v) is 5.67. The lowest BCUT2D eigenvalue weighted by atomic mass is 9.90. The Balaban J connectivity index is 1.40. The Morgan fingerprint density at radius 1 is 1.03 bits per heavy atom. The zero-order chi connectivity index (χ0) is 21.7. The van der Waals surface area contributed by atoms with Crippen molar-refractivity contribution in [3.8, 4) is 17.6 Å². The Labute approximate surface area is 181 Å². The highest BCUT2D eigenvalue weighted by Crippen LogP contribution is 2.35. The van der Waals surface area contributed by atoms with Gasteiger partial charge >= 0.3 is 0 Å². The van der Waals surface area contributed by atoms with Crippen LogP contribution in [0, 0.1) is 16.7 Å². The second-order valence-corrected chi connectivity index (χ2v) is 7.74. The van der Waals surface area contributed by atoms with Gasteiger partial charge in [-0.15, -0.1) is 0 Å². The van der Waals surface area contributed by atoms with Gasteiger partial charge in [-0.05, 0) is 49.2 Å². The molecule has 2 aromatic rings. The van der Waals surface area contributed by atoms with Gasteiger partial charge in [0.05, 0.1) is 18.9 Å². The third kappa shape index (κ3) is 4.88. The molecule has 4 N–H and O–H groups in total. The number of hydrogen-bond donors (Lipinski definition) is 3. The van der Waals surface area contributed by atoms with Gasteiger partial charge in [-0.2, -0.15) is 5.26 Å². The van der Waals surface area contributed by atoms with Gasteiger partial charge in [0.2, 0.25) is 0 Å². The van der Waals surface area contributed by atoms with E-state index in [1.807, 2.05) is 30.3 Å². The summed E-state index contributed by atoms with van der Waals surface area (Å²) in [7, 11) is 0. The van der Waals surface area contributed by atoms with Crippen molar-refractivity contribution in [3.63, 3.8) is 0 Å². The fourth-order valence-electron chi connectivity index (χ4n) is 3.99. The normalized spacial score (nSPS) is 18.8. The van der Waals surface area contributed by atoms with Crippen LogP contribution in [0.4, 0.5) is 0 Å². The smallest absolute Gasteiger partial charge is 0.168 e. The molecule has 31 heavy (non-hydrogen) atoms. The third-order valence-electron chi connectivity index (χ3n) is 5.67. The maximum Gasteiger partial charge on any atom is 0.168 e. The number of allylic oxidation sites excluding steroid dienone is 1. The minimum atomic E-state index is -0.439. The standard InChI is InChI=1S/C24H26N4O3/c25-16-21(23(27)28-18-10-12-24(13-11-18)29-14-15-30-24)22(26)17-6-8-20(9-7-17)31-19-4-2-1-3-5-19/h1-9,18,26,28H,10-15,27H2/b23-21-,26-22?. The number of nitrogens with zero attached hydrogens (tertiary/aromatic N) is 1. The molecule has 0 amide bonds. The molecule has 1 spiro atoms. The van der Waals surface area contributed by atoms with E-state index in [1.165, 1.54) is 0 Å². The lowest BCUT2D eigenvalue weighted by molar-refractivity contribution is -0.179. The Bertz CT molecular complexity index is 980. The van der Waals surface area contributed by atoms with E-state index in [4.69, 9.17) is 25.4 Å². The van der Waals surface area contributed by atoms with Crippen molar-refractivity contribution < 1.29 is 14.2 Å². The van der Waals surface area contributed by atoms with Crippen molar-refractivity contribution in [1.82, 2.24) is 5.32 Å². The van der Waals surface area contributed by atoms with E-state index in [1.54, 1.807) is 24.3 Å². The van der Waals surface area contributed by atoms with Gasteiger partial charge in [0, 0.05) is 24.4 Å². The molecule has 160 valence electrons. The van der Waals surface area contributed by atoms with E-state index in [0.717, 1.165) is 31.4 Å². The topological polar surface area (TPSA) is 113 Å². The number of nitrogens with two attached hydrogens (primary N) is 1. The molecule has 2 fully saturated rings. The fourth-order valence-corrected chi connectivity index (χ4v) is 3.99. The lowest BCUT2D eigenvalue weighted by Gasteiger charge is -2.36. The van der Waals surface area contributed by atoms with Crippen LogP contribution in [0.25, 0.3) is 0 Å². The van der Waals surface area contributed by atoms with Crippen LogP contribution >= 0.6 is 0 Å². The first-order chi connectivity index (χ1) is 15.1. The fraction of sp³-hybridized carbons (Fsp3) is 0.333.